The Morgan fingerprint density at radius 3 is 2.31 bits per heavy atom. The van der Waals surface area contributed by atoms with Crippen molar-refractivity contribution in [2.75, 3.05) is 20.1 Å². The molecular formula is C33H38N4O5. The number of carboxylic acids is 1. The molecule has 0 radical (unpaired) electrons. The first-order chi connectivity index (χ1) is 20.4. The summed E-state index contributed by atoms with van der Waals surface area (Å²) in [5.74, 6) is -1.22. The van der Waals surface area contributed by atoms with E-state index >= 15 is 0 Å². The van der Waals surface area contributed by atoms with Gasteiger partial charge in [0.2, 0.25) is 5.91 Å². The summed E-state index contributed by atoms with van der Waals surface area (Å²) in [5, 5.41) is 13.1. The molecule has 0 aliphatic heterocycles. The van der Waals surface area contributed by atoms with Crippen molar-refractivity contribution in [3.05, 3.63) is 102 Å². The van der Waals surface area contributed by atoms with Crippen LogP contribution in [-0.2, 0) is 29.2 Å². The Hall–Kier alpha value is -4.63. The quantitative estimate of drug-likeness (QED) is 0.184. The van der Waals surface area contributed by atoms with E-state index in [-0.39, 0.29) is 24.6 Å². The Balaban J connectivity index is 1.57. The average molecular weight is 571 g/mol. The summed E-state index contributed by atoms with van der Waals surface area (Å²) in [6, 6.07) is 25.8. The predicted molar refractivity (Wildman–Crippen MR) is 162 cm³/mol. The van der Waals surface area contributed by atoms with Gasteiger partial charge in [0, 0.05) is 24.5 Å². The number of aliphatic carboxylic acids is 1. The molecule has 0 aliphatic rings. The van der Waals surface area contributed by atoms with Gasteiger partial charge in [0.1, 0.15) is 30.6 Å². The average Bonchev–Trinajstić information content (AvgIpc) is 3.36. The van der Waals surface area contributed by atoms with Crippen molar-refractivity contribution in [2.45, 2.75) is 44.9 Å². The summed E-state index contributed by atoms with van der Waals surface area (Å²) in [5.41, 5.74) is 8.58. The maximum atomic E-state index is 13.5. The number of likely N-dealkylation sites (N-methyl/N-ethyl adjacent to an activating group) is 1. The van der Waals surface area contributed by atoms with E-state index in [0.29, 0.717) is 55.6 Å². The van der Waals surface area contributed by atoms with Crippen molar-refractivity contribution in [1.82, 2.24) is 14.8 Å². The molecule has 220 valence electrons. The van der Waals surface area contributed by atoms with Gasteiger partial charge in [-0.3, -0.25) is 9.59 Å². The summed E-state index contributed by atoms with van der Waals surface area (Å²) in [4.78, 5) is 40.3. The van der Waals surface area contributed by atoms with Crippen LogP contribution in [0.25, 0.3) is 10.9 Å². The highest BCUT2D eigenvalue weighted by molar-refractivity contribution is 6.01. The maximum absolute atomic E-state index is 13.5. The fourth-order valence-electron chi connectivity index (χ4n) is 4.74. The number of amides is 2. The highest BCUT2D eigenvalue weighted by Crippen LogP contribution is 2.26. The Morgan fingerprint density at radius 1 is 0.952 bits per heavy atom. The second kappa shape index (κ2) is 14.8. The fraction of sp³-hybridized carbons (Fsp3) is 0.303. The number of aromatic nitrogens is 1. The van der Waals surface area contributed by atoms with Crippen LogP contribution in [0.15, 0.2) is 84.9 Å². The molecule has 0 aliphatic carbocycles. The van der Waals surface area contributed by atoms with Crippen LogP contribution in [0, 0.1) is 0 Å². The molecule has 3 aromatic carbocycles. The molecule has 2 amide bonds. The van der Waals surface area contributed by atoms with Crippen LogP contribution in [0.1, 0.15) is 40.9 Å². The van der Waals surface area contributed by atoms with Gasteiger partial charge in [-0.15, -0.1) is 0 Å². The molecule has 0 bridgehead atoms. The number of nitrogens with one attached hydrogen (secondary N) is 1. The van der Waals surface area contributed by atoms with Crippen LogP contribution in [0.2, 0.25) is 0 Å². The van der Waals surface area contributed by atoms with E-state index in [1.807, 2.05) is 72.8 Å². The monoisotopic (exact) mass is 570 g/mol. The van der Waals surface area contributed by atoms with Crippen LogP contribution in [0.3, 0.4) is 0 Å². The zero-order valence-electron chi connectivity index (χ0n) is 23.9. The minimum atomic E-state index is -1.11. The largest absolute Gasteiger partial charge is 0.489 e. The van der Waals surface area contributed by atoms with E-state index in [4.69, 9.17) is 10.5 Å². The van der Waals surface area contributed by atoms with Gasteiger partial charge in [-0.25, -0.2) is 4.79 Å². The first kappa shape index (κ1) is 30.3. The summed E-state index contributed by atoms with van der Waals surface area (Å²) in [6.45, 7) is 1.27. The molecule has 9 heteroatoms. The van der Waals surface area contributed by atoms with Crippen LogP contribution in [0.5, 0.6) is 5.75 Å². The Labute approximate surface area is 245 Å². The van der Waals surface area contributed by atoms with Crippen LogP contribution < -0.4 is 15.8 Å². The lowest BCUT2D eigenvalue weighted by atomic mass is 10.1. The van der Waals surface area contributed by atoms with Gasteiger partial charge in [0.15, 0.2) is 0 Å². The van der Waals surface area contributed by atoms with Crippen molar-refractivity contribution < 1.29 is 24.2 Å². The lowest BCUT2D eigenvalue weighted by molar-refractivity contribution is -0.139. The van der Waals surface area contributed by atoms with Gasteiger partial charge in [-0.05, 0) is 67.6 Å². The molecule has 1 heterocycles. The van der Waals surface area contributed by atoms with Gasteiger partial charge in [-0.2, -0.15) is 0 Å². The van der Waals surface area contributed by atoms with E-state index < -0.39 is 17.9 Å². The molecule has 0 saturated carbocycles. The molecule has 9 nitrogen and oxygen atoms in total. The molecule has 0 fully saturated rings. The minimum absolute atomic E-state index is 0.0767. The lowest BCUT2D eigenvalue weighted by Gasteiger charge is -2.20. The molecule has 1 unspecified atom stereocenters. The highest BCUT2D eigenvalue weighted by Gasteiger charge is 2.24. The third-order valence-electron chi connectivity index (χ3n) is 7.20. The SMILES string of the molecule is CN(CCc1ccccc1)C(=O)Cn1c(C(=O)NC(CCCCN)C(=O)O)cc2cc(OCc3ccccc3)ccc21. The van der Waals surface area contributed by atoms with Crippen molar-refractivity contribution in [3.8, 4) is 5.75 Å². The predicted octanol–water partition coefficient (Wildman–Crippen LogP) is 4.23. The van der Waals surface area contributed by atoms with Gasteiger partial charge in [-0.1, -0.05) is 60.7 Å². The van der Waals surface area contributed by atoms with Gasteiger partial charge in [0.05, 0.1) is 0 Å². The van der Waals surface area contributed by atoms with Crippen molar-refractivity contribution in [2.24, 2.45) is 5.73 Å². The number of nitrogens with zero attached hydrogens (tertiary/aromatic N) is 2. The first-order valence-corrected chi connectivity index (χ1v) is 14.2. The van der Waals surface area contributed by atoms with Crippen molar-refractivity contribution in [1.29, 1.82) is 0 Å². The number of nitrogens with two attached hydrogens (primary N) is 1. The molecule has 1 aromatic heterocycles. The number of hydrogen-bond acceptors (Lipinski definition) is 5. The summed E-state index contributed by atoms with van der Waals surface area (Å²) in [6.07, 6.45) is 2.20. The third kappa shape index (κ3) is 8.20. The van der Waals surface area contributed by atoms with E-state index in [0.717, 1.165) is 11.1 Å². The Bertz CT molecular complexity index is 1490. The van der Waals surface area contributed by atoms with Crippen LogP contribution in [0.4, 0.5) is 0 Å². The van der Waals surface area contributed by atoms with Crippen LogP contribution >= 0.6 is 0 Å². The highest BCUT2D eigenvalue weighted by atomic mass is 16.5. The Kier molecular flexibility index (Phi) is 10.7. The standard InChI is InChI=1S/C33H38N4O5/c1-36(19-17-24-10-4-2-5-11-24)31(38)22-37-29-16-15-27(42-23-25-12-6-3-7-13-25)20-26(29)21-30(37)32(39)35-28(33(40)41)14-8-9-18-34/h2-7,10-13,15-16,20-21,28H,8-9,14,17-19,22-23,34H2,1H3,(H,35,39)(H,40,41). The van der Waals surface area contributed by atoms with E-state index in [9.17, 15) is 19.5 Å². The number of benzene rings is 3. The van der Waals surface area contributed by atoms with Gasteiger partial charge >= 0.3 is 5.97 Å². The zero-order valence-corrected chi connectivity index (χ0v) is 23.9. The number of carbonyl (C=O) groups excluding carboxylic acids is 2. The molecule has 4 aromatic rings. The van der Waals surface area contributed by atoms with Gasteiger partial charge < -0.3 is 30.4 Å². The molecule has 0 spiro atoms. The van der Waals surface area contributed by atoms with E-state index in [1.165, 1.54) is 0 Å². The van der Waals surface area contributed by atoms with E-state index in [1.54, 1.807) is 28.6 Å². The third-order valence-corrected chi connectivity index (χ3v) is 7.20. The molecule has 42 heavy (non-hydrogen) atoms. The smallest absolute Gasteiger partial charge is 0.326 e. The summed E-state index contributed by atoms with van der Waals surface area (Å²) < 4.78 is 7.63. The van der Waals surface area contributed by atoms with Crippen molar-refractivity contribution in [3.63, 3.8) is 0 Å². The summed E-state index contributed by atoms with van der Waals surface area (Å²) >= 11 is 0. The number of carbonyl (C=O) groups is 3. The molecule has 4 rings (SSSR count). The lowest BCUT2D eigenvalue weighted by Crippen LogP contribution is -2.42. The fourth-order valence-corrected chi connectivity index (χ4v) is 4.74. The van der Waals surface area contributed by atoms with Crippen molar-refractivity contribution >= 4 is 28.7 Å². The molecule has 4 N–H and O–H groups in total. The Morgan fingerprint density at radius 2 is 1.64 bits per heavy atom. The zero-order chi connectivity index (χ0) is 29.9. The van der Waals surface area contributed by atoms with Crippen LogP contribution in [-0.4, -0.2) is 58.5 Å². The number of fused-ring (bicyclic) bond motifs is 1. The maximum Gasteiger partial charge on any atom is 0.326 e. The molecule has 0 saturated heterocycles. The first-order valence-electron chi connectivity index (χ1n) is 14.2. The second-order valence-electron chi connectivity index (χ2n) is 10.3. The summed E-state index contributed by atoms with van der Waals surface area (Å²) in [7, 11) is 1.74. The normalized spacial score (nSPS) is 11.7. The van der Waals surface area contributed by atoms with Gasteiger partial charge in [0.25, 0.3) is 5.91 Å². The number of rotatable bonds is 15. The number of unbranched alkanes of at least 4 members (excludes halogenated alkanes) is 1. The molecular weight excluding hydrogens is 532 g/mol. The molecule has 1 atom stereocenters. The number of carboxylic acid groups (broad SMARTS) is 1. The number of ether oxygens (including phenoxy) is 1. The van der Waals surface area contributed by atoms with E-state index in [2.05, 4.69) is 5.32 Å². The minimum Gasteiger partial charge on any atom is -0.489 e. The number of hydrogen-bond donors (Lipinski definition) is 3. The second-order valence-corrected chi connectivity index (χ2v) is 10.3. The topological polar surface area (TPSA) is 127 Å².